The number of amides is 1. The van der Waals surface area contributed by atoms with E-state index in [4.69, 9.17) is 9.68 Å². The van der Waals surface area contributed by atoms with E-state index in [9.17, 15) is 14.7 Å². The van der Waals surface area contributed by atoms with Crippen molar-refractivity contribution >= 4 is 23.1 Å². The number of hydrogen-bond donors (Lipinski definition) is 1. The number of nitrogens with zero attached hydrogens (tertiary/aromatic N) is 2. The summed E-state index contributed by atoms with van der Waals surface area (Å²) >= 11 is 0. The van der Waals surface area contributed by atoms with Crippen molar-refractivity contribution in [3.05, 3.63) is 94.4 Å². The molecule has 30 heavy (non-hydrogen) atoms. The van der Waals surface area contributed by atoms with Gasteiger partial charge in [0.25, 0.3) is 11.7 Å². The summed E-state index contributed by atoms with van der Waals surface area (Å²) < 4.78 is 5.54. The van der Waals surface area contributed by atoms with E-state index in [0.717, 1.165) is 11.1 Å². The number of aliphatic hydroxyl groups excluding tert-OH is 1. The molecule has 0 saturated carbocycles. The van der Waals surface area contributed by atoms with Gasteiger partial charge in [0.15, 0.2) is 0 Å². The van der Waals surface area contributed by atoms with Gasteiger partial charge in [0, 0.05) is 11.3 Å². The fraction of sp³-hybridized carbons (Fsp3) is 0.125. The molecule has 0 bridgehead atoms. The van der Waals surface area contributed by atoms with Crippen LogP contribution >= 0.6 is 0 Å². The molecule has 3 aromatic rings. The smallest absolute Gasteiger partial charge is 0.300 e. The number of nitriles is 1. The lowest BCUT2D eigenvalue weighted by atomic mass is 9.96. The van der Waals surface area contributed by atoms with Crippen molar-refractivity contribution in [3.8, 4) is 6.07 Å². The first-order valence-corrected chi connectivity index (χ1v) is 9.34. The van der Waals surface area contributed by atoms with Gasteiger partial charge in [-0.25, -0.2) is 0 Å². The average Bonchev–Trinajstić information content (AvgIpc) is 3.37. The lowest BCUT2D eigenvalue weighted by Crippen LogP contribution is -2.29. The predicted molar refractivity (Wildman–Crippen MR) is 111 cm³/mol. The Morgan fingerprint density at radius 1 is 1.10 bits per heavy atom. The van der Waals surface area contributed by atoms with Crippen LogP contribution < -0.4 is 4.90 Å². The van der Waals surface area contributed by atoms with Gasteiger partial charge < -0.3 is 9.52 Å². The highest BCUT2D eigenvalue weighted by Crippen LogP contribution is 2.42. The quantitative estimate of drug-likeness (QED) is 0.401. The van der Waals surface area contributed by atoms with Gasteiger partial charge in [0.1, 0.15) is 17.6 Å². The molecule has 1 unspecified atom stereocenters. The first-order chi connectivity index (χ1) is 14.4. The zero-order valence-electron chi connectivity index (χ0n) is 16.4. The second-order valence-electron chi connectivity index (χ2n) is 7.16. The highest BCUT2D eigenvalue weighted by Gasteiger charge is 2.48. The van der Waals surface area contributed by atoms with Crippen LogP contribution in [0.3, 0.4) is 0 Å². The molecule has 6 heteroatoms. The number of carbonyl (C=O) groups is 2. The zero-order valence-corrected chi connectivity index (χ0v) is 16.4. The minimum absolute atomic E-state index is 0.0343. The second kappa shape index (κ2) is 7.37. The van der Waals surface area contributed by atoms with Gasteiger partial charge in [-0.05, 0) is 61.9 Å². The molecular formula is C24H18N2O4. The highest BCUT2D eigenvalue weighted by molar-refractivity contribution is 6.51. The first kappa shape index (κ1) is 19.2. The molecule has 6 nitrogen and oxygen atoms in total. The zero-order chi connectivity index (χ0) is 21.4. The van der Waals surface area contributed by atoms with Gasteiger partial charge in [-0.2, -0.15) is 5.26 Å². The number of rotatable bonds is 3. The Kier molecular flexibility index (Phi) is 4.72. The maximum absolute atomic E-state index is 13.0. The Hall–Kier alpha value is -4.11. The molecule has 0 spiro atoms. The molecule has 2 heterocycles. The van der Waals surface area contributed by atoms with Crippen LogP contribution in [0.2, 0.25) is 0 Å². The molecule has 0 aliphatic carbocycles. The number of aliphatic hydroxyl groups is 1. The summed E-state index contributed by atoms with van der Waals surface area (Å²) in [6.45, 7) is 3.71. The van der Waals surface area contributed by atoms with Gasteiger partial charge >= 0.3 is 0 Å². The molecule has 2 aromatic carbocycles. The van der Waals surface area contributed by atoms with E-state index < -0.39 is 17.7 Å². The van der Waals surface area contributed by atoms with Crippen LogP contribution in [0.5, 0.6) is 0 Å². The van der Waals surface area contributed by atoms with E-state index in [0.29, 0.717) is 22.6 Å². The van der Waals surface area contributed by atoms with Crippen molar-refractivity contribution in [2.75, 3.05) is 4.90 Å². The average molecular weight is 398 g/mol. The summed E-state index contributed by atoms with van der Waals surface area (Å²) in [7, 11) is 0. The number of furan rings is 1. The van der Waals surface area contributed by atoms with Gasteiger partial charge in [-0.3, -0.25) is 14.5 Å². The van der Waals surface area contributed by atoms with Crippen molar-refractivity contribution in [1.82, 2.24) is 0 Å². The normalized spacial score (nSPS) is 17.9. The molecular weight excluding hydrogens is 380 g/mol. The Morgan fingerprint density at radius 2 is 1.83 bits per heavy atom. The van der Waals surface area contributed by atoms with Crippen LogP contribution in [-0.4, -0.2) is 16.8 Å². The molecule has 1 aliphatic heterocycles. The van der Waals surface area contributed by atoms with E-state index >= 15 is 0 Å². The number of benzene rings is 2. The minimum Gasteiger partial charge on any atom is -0.507 e. The molecule has 148 valence electrons. The third-order valence-electron chi connectivity index (χ3n) is 5.18. The van der Waals surface area contributed by atoms with Crippen LogP contribution in [0.25, 0.3) is 5.76 Å². The number of hydrogen-bond acceptors (Lipinski definition) is 5. The van der Waals surface area contributed by atoms with Crippen molar-refractivity contribution in [1.29, 1.82) is 5.26 Å². The van der Waals surface area contributed by atoms with Gasteiger partial charge in [-0.1, -0.05) is 17.7 Å². The summed E-state index contributed by atoms with van der Waals surface area (Å²) in [5.74, 6) is -1.45. The van der Waals surface area contributed by atoms with E-state index in [1.54, 1.807) is 42.5 Å². The van der Waals surface area contributed by atoms with Crippen LogP contribution in [0.1, 0.15) is 34.1 Å². The number of carbonyl (C=O) groups excluding carboxylic acids is 2. The van der Waals surface area contributed by atoms with Gasteiger partial charge in [-0.15, -0.1) is 0 Å². The largest absolute Gasteiger partial charge is 0.507 e. The second-order valence-corrected chi connectivity index (χ2v) is 7.16. The summed E-state index contributed by atoms with van der Waals surface area (Å²) in [5, 5.41) is 20.2. The molecule has 1 aromatic heterocycles. The molecule has 4 rings (SSSR count). The first-order valence-electron chi connectivity index (χ1n) is 9.34. The fourth-order valence-corrected chi connectivity index (χ4v) is 3.65. The maximum Gasteiger partial charge on any atom is 0.300 e. The predicted octanol–water partition coefficient (Wildman–Crippen LogP) is 4.39. The Labute approximate surface area is 173 Å². The molecule has 1 aliphatic rings. The van der Waals surface area contributed by atoms with Gasteiger partial charge in [0.05, 0.1) is 23.5 Å². The number of ketones is 1. The Balaban J connectivity index is 1.94. The van der Waals surface area contributed by atoms with Gasteiger partial charge in [0.2, 0.25) is 0 Å². The van der Waals surface area contributed by atoms with Crippen molar-refractivity contribution < 1.29 is 19.1 Å². The third kappa shape index (κ3) is 3.07. The number of anilines is 1. The van der Waals surface area contributed by atoms with Crippen molar-refractivity contribution in [2.45, 2.75) is 19.9 Å². The molecule has 0 radical (unpaired) electrons. The molecule has 1 fully saturated rings. The topological polar surface area (TPSA) is 94.5 Å². The van der Waals surface area contributed by atoms with Crippen LogP contribution in [0.15, 0.2) is 70.9 Å². The third-order valence-corrected chi connectivity index (χ3v) is 5.18. The number of Topliss-reactive ketones (excluding diaryl/α,β-unsaturated/α-hetero) is 1. The van der Waals surface area contributed by atoms with Crippen LogP contribution in [-0.2, 0) is 9.59 Å². The summed E-state index contributed by atoms with van der Waals surface area (Å²) in [4.78, 5) is 27.3. The maximum atomic E-state index is 13.0. The highest BCUT2D eigenvalue weighted by atomic mass is 16.3. The van der Waals surface area contributed by atoms with E-state index in [2.05, 4.69) is 0 Å². The van der Waals surface area contributed by atoms with E-state index in [-0.39, 0.29) is 11.3 Å². The standard InChI is InChI=1S/C24H18N2O4/c1-14-5-6-15(2)18(12-14)22(27)20-21(19-4-3-11-30-19)26(24(29)23(20)28)17-9-7-16(13-25)8-10-17/h3-12,21,27H,1-2H3/b22-20-. The van der Waals surface area contributed by atoms with Crippen LogP contribution in [0, 0.1) is 25.2 Å². The lowest BCUT2D eigenvalue weighted by molar-refractivity contribution is -0.132. The Bertz CT molecular complexity index is 1220. The molecule has 1 atom stereocenters. The molecule has 1 saturated heterocycles. The Morgan fingerprint density at radius 3 is 2.47 bits per heavy atom. The number of aryl methyl sites for hydroxylation is 2. The SMILES string of the molecule is Cc1ccc(C)c(/C(O)=C2/C(=O)C(=O)N(c3ccc(C#N)cc3)C2c2ccco2)c1. The summed E-state index contributed by atoms with van der Waals surface area (Å²) in [6.07, 6.45) is 1.45. The monoisotopic (exact) mass is 398 g/mol. The molecule has 1 amide bonds. The fourth-order valence-electron chi connectivity index (χ4n) is 3.65. The van der Waals surface area contributed by atoms with E-state index in [1.807, 2.05) is 32.0 Å². The lowest BCUT2D eigenvalue weighted by Gasteiger charge is -2.23. The summed E-state index contributed by atoms with van der Waals surface area (Å²) in [5.41, 5.74) is 3.01. The van der Waals surface area contributed by atoms with Crippen molar-refractivity contribution in [3.63, 3.8) is 0 Å². The molecule has 1 N–H and O–H groups in total. The van der Waals surface area contributed by atoms with E-state index in [1.165, 1.54) is 11.2 Å². The van der Waals surface area contributed by atoms with Crippen LogP contribution in [0.4, 0.5) is 5.69 Å². The minimum atomic E-state index is -0.923. The summed E-state index contributed by atoms with van der Waals surface area (Å²) in [6, 6.07) is 16.3. The van der Waals surface area contributed by atoms with Crippen molar-refractivity contribution in [2.24, 2.45) is 0 Å².